The predicted octanol–water partition coefficient (Wildman–Crippen LogP) is 2.24. The lowest BCUT2D eigenvalue weighted by Crippen LogP contribution is -2.52. The van der Waals surface area contributed by atoms with E-state index in [9.17, 15) is 4.79 Å². The van der Waals surface area contributed by atoms with Crippen LogP contribution in [0.5, 0.6) is 0 Å². The number of carbonyl (C=O) groups is 1. The van der Waals surface area contributed by atoms with Gasteiger partial charge in [0.1, 0.15) is 5.69 Å². The van der Waals surface area contributed by atoms with Crippen LogP contribution in [0.4, 0.5) is 5.69 Å². The molecule has 2 aromatic heterocycles. The molecule has 1 atom stereocenters. The minimum Gasteiger partial charge on any atom is -0.369 e. The van der Waals surface area contributed by atoms with Crippen molar-refractivity contribution in [3.63, 3.8) is 0 Å². The molecule has 8 nitrogen and oxygen atoms in total. The summed E-state index contributed by atoms with van der Waals surface area (Å²) < 4.78 is 5.16. The van der Waals surface area contributed by atoms with E-state index in [4.69, 9.17) is 4.52 Å². The minimum atomic E-state index is 0. The second-order valence-electron chi connectivity index (χ2n) is 7.93. The quantitative estimate of drug-likeness (QED) is 0.750. The molecule has 2 aromatic rings. The SMILES string of the molecule is Cc1noc(-c2ccc(N3CC[C@H](C(=O)N4CCN(C(C)C)CC4)C3)cn2)n1.Cl. The Morgan fingerprint density at radius 2 is 1.93 bits per heavy atom. The first-order valence-electron chi connectivity index (χ1n) is 10.1. The Morgan fingerprint density at radius 1 is 1.17 bits per heavy atom. The van der Waals surface area contributed by atoms with Crippen molar-refractivity contribution in [2.24, 2.45) is 5.92 Å². The number of anilines is 1. The molecule has 4 heterocycles. The third-order valence-corrected chi connectivity index (χ3v) is 5.75. The molecule has 0 aromatic carbocycles. The number of hydrogen-bond donors (Lipinski definition) is 0. The van der Waals surface area contributed by atoms with E-state index in [-0.39, 0.29) is 18.3 Å². The molecule has 0 unspecified atom stereocenters. The lowest BCUT2D eigenvalue weighted by molar-refractivity contribution is -0.136. The van der Waals surface area contributed by atoms with E-state index in [2.05, 4.69) is 38.8 Å². The number of hydrogen-bond acceptors (Lipinski definition) is 7. The van der Waals surface area contributed by atoms with Crippen molar-refractivity contribution in [3.8, 4) is 11.6 Å². The van der Waals surface area contributed by atoms with Gasteiger partial charge in [0.25, 0.3) is 5.89 Å². The van der Waals surface area contributed by atoms with E-state index in [0.717, 1.165) is 51.4 Å². The molecule has 2 aliphatic rings. The van der Waals surface area contributed by atoms with Gasteiger partial charge in [0, 0.05) is 45.3 Å². The summed E-state index contributed by atoms with van der Waals surface area (Å²) in [5, 5.41) is 3.80. The highest BCUT2D eigenvalue weighted by Gasteiger charge is 2.33. The number of nitrogens with zero attached hydrogens (tertiary/aromatic N) is 6. The fourth-order valence-electron chi connectivity index (χ4n) is 4.01. The number of aryl methyl sites for hydroxylation is 1. The molecule has 0 bridgehead atoms. The average Bonchev–Trinajstić information content (AvgIpc) is 3.37. The average molecular weight is 421 g/mol. The van der Waals surface area contributed by atoms with Crippen LogP contribution in [0.1, 0.15) is 26.1 Å². The monoisotopic (exact) mass is 420 g/mol. The molecule has 2 aliphatic heterocycles. The van der Waals surface area contributed by atoms with Gasteiger partial charge in [-0.05, 0) is 39.3 Å². The third kappa shape index (κ3) is 4.70. The summed E-state index contributed by atoms with van der Waals surface area (Å²) in [6.07, 6.45) is 2.72. The molecule has 9 heteroatoms. The summed E-state index contributed by atoms with van der Waals surface area (Å²) in [4.78, 5) is 28.3. The zero-order chi connectivity index (χ0) is 19.7. The van der Waals surface area contributed by atoms with Gasteiger partial charge >= 0.3 is 0 Å². The largest absolute Gasteiger partial charge is 0.369 e. The molecule has 4 rings (SSSR count). The van der Waals surface area contributed by atoms with Crippen LogP contribution in [0.3, 0.4) is 0 Å². The number of carbonyl (C=O) groups excluding carboxylic acids is 1. The number of pyridine rings is 1. The van der Waals surface area contributed by atoms with E-state index in [1.165, 1.54) is 0 Å². The van der Waals surface area contributed by atoms with Crippen molar-refractivity contribution < 1.29 is 9.32 Å². The summed E-state index contributed by atoms with van der Waals surface area (Å²) in [6, 6.07) is 4.45. The van der Waals surface area contributed by atoms with Crippen LogP contribution in [0.15, 0.2) is 22.9 Å². The maximum absolute atomic E-state index is 12.9. The number of halogens is 1. The molecular formula is C20H29ClN6O2. The molecule has 2 saturated heterocycles. The predicted molar refractivity (Wildman–Crippen MR) is 113 cm³/mol. The van der Waals surface area contributed by atoms with Crippen molar-refractivity contribution in [2.75, 3.05) is 44.2 Å². The number of amides is 1. The minimum absolute atomic E-state index is 0. The van der Waals surface area contributed by atoms with Crippen molar-refractivity contribution in [3.05, 3.63) is 24.2 Å². The van der Waals surface area contributed by atoms with Crippen molar-refractivity contribution >= 4 is 24.0 Å². The second kappa shape index (κ2) is 9.09. The van der Waals surface area contributed by atoms with Crippen molar-refractivity contribution in [1.82, 2.24) is 24.9 Å². The molecule has 0 saturated carbocycles. The van der Waals surface area contributed by atoms with Gasteiger partial charge in [-0.1, -0.05) is 5.16 Å². The molecule has 0 N–H and O–H groups in total. The standard InChI is InChI=1S/C20H28N6O2.ClH/c1-14(2)24-8-10-25(11-9-24)20(27)16-6-7-26(13-16)17-4-5-18(21-12-17)19-22-15(3)23-28-19;/h4-5,12,14,16H,6-11,13H2,1-3H3;1H/t16-;/m0./s1. The van der Waals surface area contributed by atoms with E-state index in [1.54, 1.807) is 6.92 Å². The molecular weight excluding hydrogens is 392 g/mol. The molecule has 29 heavy (non-hydrogen) atoms. The van der Waals surface area contributed by atoms with Gasteiger partial charge in [-0.25, -0.2) is 4.98 Å². The lowest BCUT2D eigenvalue weighted by Gasteiger charge is -2.37. The first-order chi connectivity index (χ1) is 13.5. The van der Waals surface area contributed by atoms with Gasteiger partial charge in [0.15, 0.2) is 5.82 Å². The van der Waals surface area contributed by atoms with Gasteiger partial charge in [-0.3, -0.25) is 9.69 Å². The smallest absolute Gasteiger partial charge is 0.276 e. The highest BCUT2D eigenvalue weighted by molar-refractivity contribution is 5.85. The molecule has 0 aliphatic carbocycles. The van der Waals surface area contributed by atoms with Gasteiger partial charge in [-0.2, -0.15) is 4.98 Å². The zero-order valence-electron chi connectivity index (χ0n) is 17.2. The molecule has 2 fully saturated rings. The first-order valence-corrected chi connectivity index (χ1v) is 10.1. The molecule has 0 radical (unpaired) electrons. The van der Waals surface area contributed by atoms with Crippen LogP contribution in [0, 0.1) is 12.8 Å². The second-order valence-corrected chi connectivity index (χ2v) is 7.93. The summed E-state index contributed by atoms with van der Waals surface area (Å²) in [7, 11) is 0. The van der Waals surface area contributed by atoms with Gasteiger partial charge in [0.05, 0.1) is 17.8 Å². The Morgan fingerprint density at radius 3 is 2.52 bits per heavy atom. The Kier molecular flexibility index (Phi) is 6.74. The Labute approximate surface area is 177 Å². The first kappa shape index (κ1) is 21.5. The fraction of sp³-hybridized carbons (Fsp3) is 0.600. The maximum atomic E-state index is 12.9. The zero-order valence-corrected chi connectivity index (χ0v) is 18.1. The fourth-order valence-corrected chi connectivity index (χ4v) is 4.01. The summed E-state index contributed by atoms with van der Waals surface area (Å²) in [5.41, 5.74) is 1.69. The van der Waals surface area contributed by atoms with Crippen LogP contribution in [-0.4, -0.2) is 76.1 Å². The van der Waals surface area contributed by atoms with E-state index < -0.39 is 0 Å². The van der Waals surface area contributed by atoms with E-state index in [1.807, 2.05) is 23.2 Å². The molecule has 158 valence electrons. The Balaban J connectivity index is 0.00000240. The summed E-state index contributed by atoms with van der Waals surface area (Å²) in [6.45, 7) is 11.5. The Hall–Kier alpha value is -2.19. The van der Waals surface area contributed by atoms with Crippen LogP contribution >= 0.6 is 12.4 Å². The lowest BCUT2D eigenvalue weighted by atomic mass is 10.1. The Bertz CT molecular complexity index is 817. The van der Waals surface area contributed by atoms with E-state index >= 15 is 0 Å². The summed E-state index contributed by atoms with van der Waals surface area (Å²) in [5.74, 6) is 1.40. The van der Waals surface area contributed by atoms with E-state index in [0.29, 0.717) is 29.4 Å². The number of aromatic nitrogens is 3. The highest BCUT2D eigenvalue weighted by atomic mass is 35.5. The number of rotatable bonds is 4. The van der Waals surface area contributed by atoms with Crippen LogP contribution in [0.2, 0.25) is 0 Å². The summed E-state index contributed by atoms with van der Waals surface area (Å²) >= 11 is 0. The van der Waals surface area contributed by atoms with Crippen LogP contribution in [-0.2, 0) is 4.79 Å². The topological polar surface area (TPSA) is 78.6 Å². The van der Waals surface area contributed by atoms with Gasteiger partial charge < -0.3 is 14.3 Å². The van der Waals surface area contributed by atoms with Gasteiger partial charge in [-0.15, -0.1) is 12.4 Å². The normalized spacial score (nSPS) is 20.2. The van der Waals surface area contributed by atoms with Crippen LogP contribution < -0.4 is 4.90 Å². The van der Waals surface area contributed by atoms with Crippen molar-refractivity contribution in [1.29, 1.82) is 0 Å². The van der Waals surface area contributed by atoms with Crippen LogP contribution in [0.25, 0.3) is 11.6 Å². The van der Waals surface area contributed by atoms with Gasteiger partial charge in [0.2, 0.25) is 5.91 Å². The van der Waals surface area contributed by atoms with Crippen molar-refractivity contribution in [2.45, 2.75) is 33.2 Å². The highest BCUT2D eigenvalue weighted by Crippen LogP contribution is 2.26. The third-order valence-electron chi connectivity index (χ3n) is 5.75. The molecule has 0 spiro atoms. The number of piperazine rings is 1. The maximum Gasteiger partial charge on any atom is 0.276 e. The molecule has 1 amide bonds.